The number of anilines is 1. The molecule has 0 fully saturated rings. The van der Waals surface area contributed by atoms with Crippen LogP contribution in [0.3, 0.4) is 0 Å². The molecule has 3 aromatic rings. The molecule has 1 aliphatic rings. The quantitative estimate of drug-likeness (QED) is 0.686. The number of imidazole rings is 1. The number of carbonyl (C=O) groups is 2. The Balaban J connectivity index is 1.62. The third kappa shape index (κ3) is 3.34. The standard InChI is InChI=1S/C21H20N4O3/c1-28-20(26)15-8-5-9-16(12-15)24-21(27)25-11-10-17-18(23-13-22-17)19(25)14-6-3-2-4-7-14/h2-9,12-13,19H,10-11H2,1H3,(H,22,23)(H,24,27). The van der Waals surface area contributed by atoms with Crippen LogP contribution in [0.15, 0.2) is 60.9 Å². The van der Waals surface area contributed by atoms with Crippen LogP contribution in [0.1, 0.15) is 33.4 Å². The molecule has 2 heterocycles. The van der Waals surface area contributed by atoms with Crippen LogP contribution in [0.5, 0.6) is 0 Å². The molecule has 1 unspecified atom stereocenters. The van der Waals surface area contributed by atoms with E-state index in [0.29, 0.717) is 24.2 Å². The molecule has 0 aliphatic carbocycles. The molecular weight excluding hydrogens is 356 g/mol. The van der Waals surface area contributed by atoms with Crippen molar-refractivity contribution in [3.63, 3.8) is 0 Å². The zero-order valence-electron chi connectivity index (χ0n) is 15.4. The summed E-state index contributed by atoms with van der Waals surface area (Å²) in [6, 6.07) is 16.0. The molecular formula is C21H20N4O3. The van der Waals surface area contributed by atoms with E-state index in [1.165, 1.54) is 7.11 Å². The van der Waals surface area contributed by atoms with Gasteiger partial charge in [-0.25, -0.2) is 14.6 Å². The Labute approximate surface area is 162 Å². The number of benzene rings is 2. The average molecular weight is 376 g/mol. The molecule has 28 heavy (non-hydrogen) atoms. The summed E-state index contributed by atoms with van der Waals surface area (Å²) < 4.78 is 4.74. The maximum atomic E-state index is 13.1. The van der Waals surface area contributed by atoms with Crippen LogP contribution in [0.4, 0.5) is 10.5 Å². The van der Waals surface area contributed by atoms with E-state index >= 15 is 0 Å². The van der Waals surface area contributed by atoms with Gasteiger partial charge in [0.1, 0.15) is 6.04 Å². The second-order valence-corrected chi connectivity index (χ2v) is 6.53. The lowest BCUT2D eigenvalue weighted by molar-refractivity contribution is 0.0600. The highest BCUT2D eigenvalue weighted by Crippen LogP contribution is 2.33. The van der Waals surface area contributed by atoms with Gasteiger partial charge in [0.15, 0.2) is 0 Å². The summed E-state index contributed by atoms with van der Waals surface area (Å²) in [5, 5.41) is 2.89. The molecule has 0 bridgehead atoms. The number of nitrogens with zero attached hydrogens (tertiary/aromatic N) is 2. The number of aromatic nitrogens is 2. The van der Waals surface area contributed by atoms with Crippen molar-refractivity contribution >= 4 is 17.7 Å². The van der Waals surface area contributed by atoms with E-state index < -0.39 is 5.97 Å². The van der Waals surface area contributed by atoms with Crippen molar-refractivity contribution in [1.82, 2.24) is 14.9 Å². The van der Waals surface area contributed by atoms with E-state index in [1.54, 1.807) is 35.5 Å². The molecule has 2 N–H and O–H groups in total. The monoisotopic (exact) mass is 376 g/mol. The summed E-state index contributed by atoms with van der Waals surface area (Å²) in [4.78, 5) is 34.2. The van der Waals surface area contributed by atoms with Crippen LogP contribution in [0, 0.1) is 0 Å². The normalized spacial score (nSPS) is 15.6. The van der Waals surface area contributed by atoms with Gasteiger partial charge in [-0.05, 0) is 23.8 Å². The average Bonchev–Trinajstić information content (AvgIpc) is 3.22. The summed E-state index contributed by atoms with van der Waals surface area (Å²) >= 11 is 0. The number of methoxy groups -OCH3 is 1. The van der Waals surface area contributed by atoms with Crippen LogP contribution in [0.2, 0.25) is 0 Å². The van der Waals surface area contributed by atoms with Crippen molar-refractivity contribution in [2.75, 3.05) is 19.0 Å². The fourth-order valence-corrected chi connectivity index (χ4v) is 3.51. The van der Waals surface area contributed by atoms with E-state index in [-0.39, 0.29) is 12.1 Å². The second-order valence-electron chi connectivity index (χ2n) is 6.53. The number of esters is 1. The summed E-state index contributed by atoms with van der Waals surface area (Å²) in [5.41, 5.74) is 3.82. The maximum absolute atomic E-state index is 13.1. The summed E-state index contributed by atoms with van der Waals surface area (Å²) in [7, 11) is 1.33. The molecule has 2 aromatic carbocycles. The van der Waals surface area contributed by atoms with Crippen LogP contribution < -0.4 is 5.32 Å². The van der Waals surface area contributed by atoms with Crippen molar-refractivity contribution in [2.45, 2.75) is 12.5 Å². The molecule has 2 amide bonds. The second kappa shape index (κ2) is 7.56. The number of carbonyl (C=O) groups excluding carboxylic acids is 2. The first-order valence-corrected chi connectivity index (χ1v) is 9.00. The molecule has 0 radical (unpaired) electrons. The number of rotatable bonds is 3. The van der Waals surface area contributed by atoms with Gasteiger partial charge in [0.25, 0.3) is 0 Å². The van der Waals surface area contributed by atoms with Crippen molar-refractivity contribution in [3.8, 4) is 0 Å². The minimum Gasteiger partial charge on any atom is -0.465 e. The Hall–Kier alpha value is -3.61. The van der Waals surface area contributed by atoms with E-state index in [4.69, 9.17) is 4.74 Å². The molecule has 4 rings (SSSR count). The fraction of sp³-hybridized carbons (Fsp3) is 0.190. The molecule has 1 aliphatic heterocycles. The van der Waals surface area contributed by atoms with E-state index in [9.17, 15) is 9.59 Å². The fourth-order valence-electron chi connectivity index (χ4n) is 3.51. The first kappa shape index (κ1) is 17.8. The highest BCUT2D eigenvalue weighted by molar-refractivity contribution is 5.94. The predicted molar refractivity (Wildman–Crippen MR) is 104 cm³/mol. The van der Waals surface area contributed by atoms with Gasteiger partial charge in [-0.1, -0.05) is 36.4 Å². The Morgan fingerprint density at radius 3 is 2.79 bits per heavy atom. The number of aromatic amines is 1. The minimum atomic E-state index is -0.447. The van der Waals surface area contributed by atoms with Gasteiger partial charge in [0.2, 0.25) is 0 Å². The van der Waals surface area contributed by atoms with E-state index in [1.807, 2.05) is 30.3 Å². The molecule has 0 spiro atoms. The summed E-state index contributed by atoms with van der Waals surface area (Å²) in [6.45, 7) is 0.553. The van der Waals surface area contributed by atoms with Crippen LogP contribution in [-0.4, -0.2) is 40.5 Å². The number of fused-ring (bicyclic) bond motifs is 1. The van der Waals surface area contributed by atoms with Crippen LogP contribution in [0.25, 0.3) is 0 Å². The number of hydrogen-bond donors (Lipinski definition) is 2. The van der Waals surface area contributed by atoms with Gasteiger partial charge in [0.05, 0.1) is 24.7 Å². The lowest BCUT2D eigenvalue weighted by Crippen LogP contribution is -2.43. The Bertz CT molecular complexity index is 1000. The molecule has 1 aromatic heterocycles. The third-order valence-corrected chi connectivity index (χ3v) is 4.84. The molecule has 142 valence electrons. The number of ether oxygens (including phenoxy) is 1. The molecule has 0 saturated heterocycles. The Morgan fingerprint density at radius 2 is 2.00 bits per heavy atom. The highest BCUT2D eigenvalue weighted by atomic mass is 16.5. The number of nitrogens with one attached hydrogen (secondary N) is 2. The topological polar surface area (TPSA) is 87.3 Å². The number of amides is 2. The van der Waals surface area contributed by atoms with Gasteiger partial charge in [0, 0.05) is 24.3 Å². The van der Waals surface area contributed by atoms with Crippen molar-refractivity contribution < 1.29 is 14.3 Å². The zero-order valence-corrected chi connectivity index (χ0v) is 15.4. The Morgan fingerprint density at radius 1 is 1.18 bits per heavy atom. The summed E-state index contributed by atoms with van der Waals surface area (Å²) in [6.07, 6.45) is 2.37. The highest BCUT2D eigenvalue weighted by Gasteiger charge is 2.34. The van der Waals surface area contributed by atoms with Crippen LogP contribution >= 0.6 is 0 Å². The Kier molecular flexibility index (Phi) is 4.80. The SMILES string of the molecule is COC(=O)c1cccc(NC(=O)N2CCc3[nH]cnc3C2c2ccccc2)c1. The number of urea groups is 1. The number of hydrogen-bond acceptors (Lipinski definition) is 4. The van der Waals surface area contributed by atoms with Crippen LogP contribution in [-0.2, 0) is 11.2 Å². The van der Waals surface area contributed by atoms with E-state index in [0.717, 1.165) is 17.0 Å². The smallest absolute Gasteiger partial charge is 0.337 e. The summed E-state index contributed by atoms with van der Waals surface area (Å²) in [5.74, 6) is -0.447. The molecule has 7 heteroatoms. The van der Waals surface area contributed by atoms with E-state index in [2.05, 4.69) is 15.3 Å². The zero-order chi connectivity index (χ0) is 19.5. The minimum absolute atomic E-state index is 0.246. The first-order chi connectivity index (χ1) is 13.7. The lowest BCUT2D eigenvalue weighted by Gasteiger charge is -2.35. The molecule has 7 nitrogen and oxygen atoms in total. The van der Waals surface area contributed by atoms with Gasteiger partial charge in [-0.2, -0.15) is 0 Å². The molecule has 1 atom stereocenters. The van der Waals surface area contributed by atoms with Gasteiger partial charge < -0.3 is 19.9 Å². The van der Waals surface area contributed by atoms with Crippen molar-refractivity contribution in [2.24, 2.45) is 0 Å². The largest absolute Gasteiger partial charge is 0.465 e. The van der Waals surface area contributed by atoms with Crippen molar-refractivity contribution in [1.29, 1.82) is 0 Å². The third-order valence-electron chi connectivity index (χ3n) is 4.84. The van der Waals surface area contributed by atoms with Gasteiger partial charge in [-0.3, -0.25) is 0 Å². The predicted octanol–water partition coefficient (Wildman–Crippen LogP) is 3.38. The lowest BCUT2D eigenvalue weighted by atomic mass is 9.96. The van der Waals surface area contributed by atoms with Crippen molar-refractivity contribution in [3.05, 3.63) is 83.4 Å². The molecule has 0 saturated carbocycles. The maximum Gasteiger partial charge on any atom is 0.337 e. The van der Waals surface area contributed by atoms with Gasteiger partial charge in [-0.15, -0.1) is 0 Å². The van der Waals surface area contributed by atoms with Gasteiger partial charge >= 0.3 is 12.0 Å². The number of H-pyrrole nitrogens is 1. The first-order valence-electron chi connectivity index (χ1n) is 9.00.